The Morgan fingerprint density at radius 3 is 2.56 bits per heavy atom. The maximum Gasteiger partial charge on any atom is 0.332 e. The van der Waals surface area contributed by atoms with Crippen molar-refractivity contribution in [3.8, 4) is 6.07 Å². The highest BCUT2D eigenvalue weighted by Gasteiger charge is 2.15. The van der Waals surface area contributed by atoms with E-state index in [9.17, 15) is 14.9 Å². The van der Waals surface area contributed by atoms with E-state index in [1.165, 1.54) is 13.1 Å². The smallest absolute Gasteiger partial charge is 0.332 e. The molecule has 1 aromatic heterocycles. The number of nitriles is 1. The molecule has 0 radical (unpaired) electrons. The molecule has 0 fully saturated rings. The van der Waals surface area contributed by atoms with Crippen LogP contribution >= 0.6 is 0 Å². The summed E-state index contributed by atoms with van der Waals surface area (Å²) >= 11 is 0. The zero-order valence-electron chi connectivity index (χ0n) is 15.0. The van der Waals surface area contributed by atoms with Crippen LogP contribution in [0, 0.1) is 11.3 Å². The van der Waals surface area contributed by atoms with Crippen LogP contribution in [0.1, 0.15) is 37.8 Å². The Morgan fingerprint density at radius 1 is 1.20 bits per heavy atom. The molecule has 0 atom stereocenters. The number of nitrogens with zero attached hydrogens (tertiary/aromatic N) is 4. The van der Waals surface area contributed by atoms with Crippen molar-refractivity contribution in [2.24, 2.45) is 7.05 Å². The van der Waals surface area contributed by atoms with Crippen LogP contribution in [-0.4, -0.2) is 22.2 Å². The first-order valence-corrected chi connectivity index (χ1v) is 8.57. The Morgan fingerprint density at radius 2 is 1.92 bits per heavy atom. The van der Waals surface area contributed by atoms with Crippen molar-refractivity contribution in [2.75, 3.05) is 18.0 Å². The molecule has 0 aliphatic heterocycles. The summed E-state index contributed by atoms with van der Waals surface area (Å²) in [6, 6.07) is 10.9. The maximum atomic E-state index is 12.7. The average molecular weight is 340 g/mol. The third kappa shape index (κ3) is 4.00. The van der Waals surface area contributed by atoms with Gasteiger partial charge in [0.1, 0.15) is 5.82 Å². The number of hydrogen-bond donors (Lipinski definition) is 0. The fraction of sp³-hybridized carbons (Fsp3) is 0.421. The van der Waals surface area contributed by atoms with E-state index < -0.39 is 0 Å². The Bertz CT molecular complexity index is 890. The van der Waals surface area contributed by atoms with Crippen LogP contribution in [0.15, 0.2) is 39.9 Å². The number of unbranched alkanes of at least 4 members (excludes halogenated alkanes) is 1. The molecule has 25 heavy (non-hydrogen) atoms. The van der Waals surface area contributed by atoms with Gasteiger partial charge >= 0.3 is 5.69 Å². The van der Waals surface area contributed by atoms with Crippen molar-refractivity contribution in [3.63, 3.8) is 0 Å². The third-order valence-electron chi connectivity index (χ3n) is 4.33. The van der Waals surface area contributed by atoms with Gasteiger partial charge in [-0.1, -0.05) is 31.5 Å². The van der Waals surface area contributed by atoms with Gasteiger partial charge in [-0.05, 0) is 25.0 Å². The second kappa shape index (κ2) is 8.34. The number of aromatic nitrogens is 2. The predicted molar refractivity (Wildman–Crippen MR) is 99.0 cm³/mol. The van der Waals surface area contributed by atoms with Gasteiger partial charge < -0.3 is 4.90 Å². The zero-order valence-corrected chi connectivity index (χ0v) is 15.0. The minimum Gasteiger partial charge on any atom is -0.358 e. The lowest BCUT2D eigenvalue weighted by Crippen LogP contribution is -2.42. The summed E-state index contributed by atoms with van der Waals surface area (Å²) in [5, 5.41) is 9.30. The second-order valence-electron chi connectivity index (χ2n) is 5.97. The minimum atomic E-state index is -0.370. The molecule has 0 saturated carbocycles. The number of anilines is 1. The van der Waals surface area contributed by atoms with Crippen molar-refractivity contribution < 1.29 is 0 Å². The molecule has 0 saturated heterocycles. The second-order valence-corrected chi connectivity index (χ2v) is 5.97. The maximum absolute atomic E-state index is 12.7. The molecular weight excluding hydrogens is 316 g/mol. The van der Waals surface area contributed by atoms with Gasteiger partial charge in [0.05, 0.1) is 18.2 Å². The summed E-state index contributed by atoms with van der Waals surface area (Å²) in [5.74, 6) is 0.608. The van der Waals surface area contributed by atoms with Crippen LogP contribution < -0.4 is 16.1 Å². The van der Waals surface area contributed by atoms with E-state index in [1.807, 2.05) is 24.0 Å². The summed E-state index contributed by atoms with van der Waals surface area (Å²) in [4.78, 5) is 26.9. The lowest BCUT2D eigenvalue weighted by Gasteiger charge is -2.26. The molecule has 0 aliphatic carbocycles. The summed E-state index contributed by atoms with van der Waals surface area (Å²) in [6.07, 6.45) is 2.01. The van der Waals surface area contributed by atoms with Gasteiger partial charge in [-0.3, -0.25) is 13.9 Å². The van der Waals surface area contributed by atoms with E-state index >= 15 is 0 Å². The lowest BCUT2D eigenvalue weighted by molar-refractivity contribution is 0.617. The highest BCUT2D eigenvalue weighted by atomic mass is 16.2. The van der Waals surface area contributed by atoms with E-state index in [1.54, 1.807) is 16.7 Å². The van der Waals surface area contributed by atoms with Crippen LogP contribution in [0.2, 0.25) is 0 Å². The molecule has 0 amide bonds. The fourth-order valence-corrected chi connectivity index (χ4v) is 2.79. The Hall–Kier alpha value is -2.81. The highest BCUT2D eigenvalue weighted by molar-refractivity contribution is 5.42. The van der Waals surface area contributed by atoms with Gasteiger partial charge in [0.25, 0.3) is 5.56 Å². The molecule has 1 heterocycles. The first-order valence-electron chi connectivity index (χ1n) is 8.57. The van der Waals surface area contributed by atoms with E-state index in [2.05, 4.69) is 13.0 Å². The van der Waals surface area contributed by atoms with Crippen molar-refractivity contribution >= 4 is 5.82 Å². The Kier molecular flexibility index (Phi) is 6.18. The normalized spacial score (nSPS) is 10.5. The first-order chi connectivity index (χ1) is 12.0. The molecule has 2 rings (SSSR count). The SMILES string of the molecule is CCCCN(CC)c1cc(=O)n(C)c(=O)n1Cc1ccccc1C#N. The molecule has 0 N–H and O–H groups in total. The van der Waals surface area contributed by atoms with Crippen LogP contribution in [0.4, 0.5) is 5.82 Å². The minimum absolute atomic E-state index is 0.259. The van der Waals surface area contributed by atoms with E-state index in [4.69, 9.17) is 0 Å². The molecule has 0 aliphatic rings. The van der Waals surface area contributed by atoms with E-state index in [0.717, 1.165) is 29.5 Å². The fourth-order valence-electron chi connectivity index (χ4n) is 2.79. The van der Waals surface area contributed by atoms with Crippen LogP contribution in [0.3, 0.4) is 0 Å². The molecule has 0 spiro atoms. The predicted octanol–water partition coefficient (Wildman–Crippen LogP) is 2.09. The molecule has 0 bridgehead atoms. The number of hydrogen-bond acceptors (Lipinski definition) is 4. The molecule has 1 aromatic carbocycles. The van der Waals surface area contributed by atoms with Gasteiger partial charge in [-0.25, -0.2) is 4.79 Å². The molecule has 6 heteroatoms. The zero-order chi connectivity index (χ0) is 18.4. The molecule has 0 unspecified atom stereocenters. The van der Waals surface area contributed by atoms with Crippen LogP contribution in [-0.2, 0) is 13.6 Å². The van der Waals surface area contributed by atoms with E-state index in [0.29, 0.717) is 17.9 Å². The highest BCUT2D eigenvalue weighted by Crippen LogP contribution is 2.15. The van der Waals surface area contributed by atoms with Crippen molar-refractivity contribution in [1.29, 1.82) is 5.26 Å². The average Bonchev–Trinajstić information content (AvgIpc) is 2.63. The summed E-state index contributed by atoms with van der Waals surface area (Å²) < 4.78 is 2.68. The first kappa shape index (κ1) is 18.5. The van der Waals surface area contributed by atoms with Crippen molar-refractivity contribution in [2.45, 2.75) is 33.2 Å². The Labute approximate surface area is 147 Å². The van der Waals surface area contributed by atoms with Crippen LogP contribution in [0.5, 0.6) is 0 Å². The van der Waals surface area contributed by atoms with Gasteiger partial charge in [0.15, 0.2) is 0 Å². The monoisotopic (exact) mass is 340 g/mol. The van der Waals surface area contributed by atoms with Crippen LogP contribution in [0.25, 0.3) is 0 Å². The number of rotatable bonds is 7. The summed E-state index contributed by atoms with van der Waals surface area (Å²) in [6.45, 7) is 5.85. The van der Waals surface area contributed by atoms with Gasteiger partial charge in [0.2, 0.25) is 0 Å². The van der Waals surface area contributed by atoms with Gasteiger partial charge in [-0.2, -0.15) is 5.26 Å². The van der Waals surface area contributed by atoms with Gasteiger partial charge in [0, 0.05) is 26.2 Å². The summed E-state index contributed by atoms with van der Waals surface area (Å²) in [7, 11) is 1.48. The van der Waals surface area contributed by atoms with Crippen molar-refractivity contribution in [3.05, 3.63) is 62.3 Å². The quantitative estimate of drug-likeness (QED) is 0.774. The Balaban J connectivity index is 2.59. The van der Waals surface area contributed by atoms with Crippen molar-refractivity contribution in [1.82, 2.24) is 9.13 Å². The largest absolute Gasteiger partial charge is 0.358 e. The lowest BCUT2D eigenvalue weighted by atomic mass is 10.1. The number of benzene rings is 1. The topological polar surface area (TPSA) is 71.0 Å². The molecule has 132 valence electrons. The molecule has 2 aromatic rings. The molecule has 6 nitrogen and oxygen atoms in total. The molecular formula is C19H24N4O2. The van der Waals surface area contributed by atoms with Gasteiger partial charge in [-0.15, -0.1) is 0 Å². The third-order valence-corrected chi connectivity index (χ3v) is 4.33. The van der Waals surface area contributed by atoms with E-state index in [-0.39, 0.29) is 17.8 Å². The summed E-state index contributed by atoms with van der Waals surface area (Å²) in [5.41, 5.74) is 0.606. The standard InChI is InChI=1S/C19H24N4O2/c1-4-6-11-22(5-2)17-12-18(24)21(3)19(25)23(17)14-16-10-8-7-9-15(16)13-20/h7-10,12H,4-6,11,14H2,1-3H3.